The van der Waals surface area contributed by atoms with Crippen molar-refractivity contribution in [2.45, 2.75) is 19.3 Å². The zero-order valence-corrected chi connectivity index (χ0v) is 10.4. The topological polar surface area (TPSA) is 66.4 Å². The second kappa shape index (κ2) is 5.82. The van der Waals surface area contributed by atoms with Crippen molar-refractivity contribution in [1.82, 2.24) is 5.32 Å². The van der Waals surface area contributed by atoms with Gasteiger partial charge in [-0.1, -0.05) is 6.42 Å². The molecule has 0 spiro atoms. The smallest absolute Gasteiger partial charge is 0.306 e. The number of aliphatic carboxylic acids is 1. The maximum Gasteiger partial charge on any atom is 0.306 e. The minimum absolute atomic E-state index is 0.0121. The number of rotatable bonds is 4. The Balaban J connectivity index is 1.90. The van der Waals surface area contributed by atoms with E-state index >= 15 is 0 Å². The van der Waals surface area contributed by atoms with Gasteiger partial charge >= 0.3 is 5.97 Å². The van der Waals surface area contributed by atoms with E-state index in [4.69, 9.17) is 5.11 Å². The normalized spacial score (nSPS) is 22.2. The SMILES string of the molecule is O=C(NCC1CCCC1C(=O)O)c1ccc(F)cc1. The third kappa shape index (κ3) is 3.30. The number of amides is 1. The summed E-state index contributed by atoms with van der Waals surface area (Å²) >= 11 is 0. The van der Waals surface area contributed by atoms with E-state index in [-0.39, 0.29) is 17.7 Å². The van der Waals surface area contributed by atoms with Gasteiger partial charge in [0.2, 0.25) is 0 Å². The summed E-state index contributed by atoms with van der Waals surface area (Å²) in [5.41, 5.74) is 0.381. The molecule has 2 unspecified atom stereocenters. The highest BCUT2D eigenvalue weighted by Gasteiger charge is 2.32. The standard InChI is InChI=1S/C14H16FNO3/c15-11-6-4-9(5-7-11)13(17)16-8-10-2-1-3-12(10)14(18)19/h4-7,10,12H,1-3,8H2,(H,16,17)(H,18,19). The van der Waals surface area contributed by atoms with Crippen LogP contribution in [0.15, 0.2) is 24.3 Å². The predicted molar refractivity (Wildman–Crippen MR) is 67.2 cm³/mol. The Bertz CT molecular complexity index is 472. The van der Waals surface area contributed by atoms with E-state index in [2.05, 4.69) is 5.32 Å². The number of hydrogen-bond acceptors (Lipinski definition) is 2. The van der Waals surface area contributed by atoms with Gasteiger partial charge in [-0.3, -0.25) is 9.59 Å². The summed E-state index contributed by atoms with van der Waals surface area (Å²) in [7, 11) is 0. The maximum absolute atomic E-state index is 12.7. The summed E-state index contributed by atoms with van der Waals surface area (Å²) in [6.45, 7) is 0.354. The Labute approximate surface area is 110 Å². The van der Waals surface area contributed by atoms with Crippen LogP contribution < -0.4 is 5.32 Å². The van der Waals surface area contributed by atoms with Crippen molar-refractivity contribution in [3.05, 3.63) is 35.6 Å². The molecule has 2 rings (SSSR count). The van der Waals surface area contributed by atoms with Crippen LogP contribution in [0.5, 0.6) is 0 Å². The molecule has 0 saturated heterocycles. The van der Waals surface area contributed by atoms with Gasteiger partial charge in [0, 0.05) is 12.1 Å². The van der Waals surface area contributed by atoms with E-state index in [9.17, 15) is 14.0 Å². The number of halogens is 1. The molecule has 19 heavy (non-hydrogen) atoms. The van der Waals surface area contributed by atoms with Gasteiger partial charge in [-0.2, -0.15) is 0 Å². The van der Waals surface area contributed by atoms with E-state index < -0.39 is 11.8 Å². The van der Waals surface area contributed by atoms with E-state index in [0.29, 0.717) is 18.5 Å². The largest absolute Gasteiger partial charge is 0.481 e. The fourth-order valence-electron chi connectivity index (χ4n) is 2.53. The average Bonchev–Trinajstić information content (AvgIpc) is 2.85. The van der Waals surface area contributed by atoms with Gasteiger partial charge in [-0.15, -0.1) is 0 Å². The lowest BCUT2D eigenvalue weighted by atomic mass is 9.96. The second-order valence-electron chi connectivity index (χ2n) is 4.85. The first-order valence-corrected chi connectivity index (χ1v) is 6.34. The lowest BCUT2D eigenvalue weighted by Crippen LogP contribution is -2.33. The van der Waals surface area contributed by atoms with E-state index in [0.717, 1.165) is 12.8 Å². The summed E-state index contributed by atoms with van der Waals surface area (Å²) in [6.07, 6.45) is 2.38. The van der Waals surface area contributed by atoms with Crippen LogP contribution in [0.25, 0.3) is 0 Å². The molecule has 4 nitrogen and oxygen atoms in total. The van der Waals surface area contributed by atoms with Crippen LogP contribution in [0.3, 0.4) is 0 Å². The van der Waals surface area contributed by atoms with Crippen LogP contribution in [0.4, 0.5) is 4.39 Å². The van der Waals surface area contributed by atoms with Crippen LogP contribution in [-0.2, 0) is 4.79 Å². The quantitative estimate of drug-likeness (QED) is 0.875. The van der Waals surface area contributed by atoms with E-state index in [1.807, 2.05) is 0 Å². The van der Waals surface area contributed by atoms with Crippen LogP contribution in [0, 0.1) is 17.7 Å². The molecule has 0 bridgehead atoms. The van der Waals surface area contributed by atoms with Crippen molar-refractivity contribution < 1.29 is 19.1 Å². The highest BCUT2D eigenvalue weighted by atomic mass is 19.1. The number of hydrogen-bond donors (Lipinski definition) is 2. The molecule has 0 aromatic heterocycles. The molecule has 1 aliphatic rings. The molecule has 1 aromatic rings. The lowest BCUT2D eigenvalue weighted by molar-refractivity contribution is -0.142. The van der Waals surface area contributed by atoms with Crippen molar-refractivity contribution in [1.29, 1.82) is 0 Å². The molecule has 0 aliphatic heterocycles. The Kier molecular flexibility index (Phi) is 4.14. The van der Waals surface area contributed by atoms with Gasteiger partial charge in [0.15, 0.2) is 0 Å². The highest BCUT2D eigenvalue weighted by Crippen LogP contribution is 2.31. The Morgan fingerprint density at radius 1 is 1.26 bits per heavy atom. The molecule has 102 valence electrons. The molecular weight excluding hydrogens is 249 g/mol. The Morgan fingerprint density at radius 2 is 1.95 bits per heavy atom. The fourth-order valence-corrected chi connectivity index (χ4v) is 2.53. The van der Waals surface area contributed by atoms with Gasteiger partial charge < -0.3 is 10.4 Å². The van der Waals surface area contributed by atoms with Crippen LogP contribution >= 0.6 is 0 Å². The molecule has 1 saturated carbocycles. The predicted octanol–water partition coefficient (Wildman–Crippen LogP) is 2.06. The third-order valence-corrected chi connectivity index (χ3v) is 3.61. The van der Waals surface area contributed by atoms with Gasteiger partial charge in [0.1, 0.15) is 5.82 Å². The first-order chi connectivity index (χ1) is 9.08. The molecule has 0 heterocycles. The summed E-state index contributed by atoms with van der Waals surface area (Å²) in [4.78, 5) is 22.8. The zero-order valence-electron chi connectivity index (χ0n) is 10.4. The molecule has 2 N–H and O–H groups in total. The molecule has 1 fully saturated rings. The van der Waals surface area contributed by atoms with Gasteiger partial charge in [-0.05, 0) is 43.0 Å². The fraction of sp³-hybridized carbons (Fsp3) is 0.429. The van der Waals surface area contributed by atoms with Crippen LogP contribution in [0.1, 0.15) is 29.6 Å². The average molecular weight is 265 g/mol. The van der Waals surface area contributed by atoms with Crippen LogP contribution in [-0.4, -0.2) is 23.5 Å². The molecule has 0 radical (unpaired) electrons. The van der Waals surface area contributed by atoms with E-state index in [1.165, 1.54) is 24.3 Å². The molecule has 5 heteroatoms. The van der Waals surface area contributed by atoms with E-state index in [1.54, 1.807) is 0 Å². The summed E-state index contributed by atoms with van der Waals surface area (Å²) in [6, 6.07) is 5.27. The van der Waals surface area contributed by atoms with Gasteiger partial charge in [0.25, 0.3) is 5.91 Å². The van der Waals surface area contributed by atoms with Gasteiger partial charge in [-0.25, -0.2) is 4.39 Å². The Hall–Kier alpha value is -1.91. The van der Waals surface area contributed by atoms with Gasteiger partial charge in [0.05, 0.1) is 5.92 Å². The molecule has 1 amide bonds. The number of carbonyl (C=O) groups is 2. The second-order valence-corrected chi connectivity index (χ2v) is 4.85. The van der Waals surface area contributed by atoms with Crippen molar-refractivity contribution in [3.8, 4) is 0 Å². The van der Waals surface area contributed by atoms with Crippen molar-refractivity contribution in [2.24, 2.45) is 11.8 Å². The number of carboxylic acids is 1. The summed E-state index contributed by atoms with van der Waals surface area (Å²) in [5.74, 6) is -1.86. The first-order valence-electron chi connectivity index (χ1n) is 6.34. The number of nitrogens with one attached hydrogen (secondary N) is 1. The first kappa shape index (κ1) is 13.5. The third-order valence-electron chi connectivity index (χ3n) is 3.61. The zero-order chi connectivity index (χ0) is 13.8. The van der Waals surface area contributed by atoms with Crippen LogP contribution in [0.2, 0.25) is 0 Å². The van der Waals surface area contributed by atoms with Crippen molar-refractivity contribution >= 4 is 11.9 Å². The molecule has 1 aromatic carbocycles. The number of carbonyl (C=O) groups excluding carboxylic acids is 1. The summed E-state index contributed by atoms with van der Waals surface area (Å²) in [5, 5.41) is 11.8. The van der Waals surface area contributed by atoms with Crippen molar-refractivity contribution in [3.63, 3.8) is 0 Å². The summed E-state index contributed by atoms with van der Waals surface area (Å²) < 4.78 is 12.7. The molecule has 2 atom stereocenters. The lowest BCUT2D eigenvalue weighted by Gasteiger charge is -2.16. The van der Waals surface area contributed by atoms with Crippen molar-refractivity contribution in [2.75, 3.05) is 6.54 Å². The minimum atomic E-state index is -0.793. The number of carboxylic acid groups (broad SMARTS) is 1. The highest BCUT2D eigenvalue weighted by molar-refractivity contribution is 5.94. The monoisotopic (exact) mass is 265 g/mol. The molecular formula is C14H16FNO3. The maximum atomic E-state index is 12.7. The Morgan fingerprint density at radius 3 is 2.58 bits per heavy atom. The number of benzene rings is 1. The minimum Gasteiger partial charge on any atom is -0.481 e. The molecule has 1 aliphatic carbocycles.